The van der Waals surface area contributed by atoms with Crippen molar-refractivity contribution < 1.29 is 33.9 Å². The number of hydrogen-bond donors (Lipinski definition) is 10. The maximum absolute atomic E-state index is 14.2. The number of aromatic nitrogens is 1. The number of H-pyrrole nitrogens is 1. The first kappa shape index (κ1) is 46.8. The van der Waals surface area contributed by atoms with E-state index >= 15 is 0 Å². The number of phenols is 1. The van der Waals surface area contributed by atoms with Gasteiger partial charge in [-0.2, -0.15) is 0 Å². The van der Waals surface area contributed by atoms with Crippen LogP contribution >= 0.6 is 0 Å². The first-order valence-electron chi connectivity index (χ1n) is 20.7. The summed E-state index contributed by atoms with van der Waals surface area (Å²) in [7, 11) is 1.27. The molecule has 1 aromatic heterocycles. The van der Waals surface area contributed by atoms with Crippen molar-refractivity contribution in [1.82, 2.24) is 36.7 Å². The van der Waals surface area contributed by atoms with Crippen molar-refractivity contribution in [1.29, 1.82) is 0 Å². The molecule has 0 fully saturated rings. The number of hydrazine groups is 1. The quantitative estimate of drug-likeness (QED) is 0.0378. The van der Waals surface area contributed by atoms with Crippen LogP contribution in [-0.4, -0.2) is 94.5 Å². The topological polar surface area (TPSA) is 280 Å². The van der Waals surface area contributed by atoms with Crippen molar-refractivity contribution in [3.8, 4) is 5.75 Å². The van der Waals surface area contributed by atoms with Crippen LogP contribution in [0.4, 0.5) is 4.79 Å². The Balaban J connectivity index is 1.34. The highest BCUT2D eigenvalue weighted by atomic mass is 16.3. The van der Waals surface area contributed by atoms with E-state index in [1.54, 1.807) is 48.7 Å². The van der Waals surface area contributed by atoms with Crippen molar-refractivity contribution in [3.05, 3.63) is 138 Å². The first-order chi connectivity index (χ1) is 30.3. The van der Waals surface area contributed by atoms with Crippen LogP contribution in [0, 0.1) is 0 Å². The summed E-state index contributed by atoms with van der Waals surface area (Å²) >= 11 is 0. The van der Waals surface area contributed by atoms with Gasteiger partial charge in [0.15, 0.2) is 0 Å². The third kappa shape index (κ3) is 14.2. The Bertz CT molecular complexity index is 2310. The molecule has 0 saturated heterocycles. The third-order valence-electron chi connectivity index (χ3n) is 10.5. The van der Waals surface area contributed by atoms with Crippen molar-refractivity contribution in [2.45, 2.75) is 75.2 Å². The molecule has 17 heteroatoms. The lowest BCUT2D eigenvalue weighted by atomic mass is 10.0. The predicted molar refractivity (Wildman–Crippen MR) is 238 cm³/mol. The van der Waals surface area contributed by atoms with Gasteiger partial charge in [-0.25, -0.2) is 9.80 Å². The van der Waals surface area contributed by atoms with Crippen LogP contribution in [0.5, 0.6) is 5.75 Å². The second kappa shape index (κ2) is 23.1. The molecule has 5 rings (SSSR count). The van der Waals surface area contributed by atoms with E-state index in [-0.39, 0.29) is 37.9 Å². The van der Waals surface area contributed by atoms with Crippen LogP contribution in [0.25, 0.3) is 10.9 Å². The highest BCUT2D eigenvalue weighted by Crippen LogP contribution is 2.20. The number of nitrogens with zero attached hydrogens (tertiary/aromatic N) is 1. The van der Waals surface area contributed by atoms with E-state index in [0.717, 1.165) is 27.0 Å². The lowest BCUT2D eigenvalue weighted by Gasteiger charge is -2.28. The Kier molecular flexibility index (Phi) is 17.2. The van der Waals surface area contributed by atoms with Crippen molar-refractivity contribution in [2.75, 3.05) is 13.6 Å². The lowest BCUT2D eigenvalue weighted by Crippen LogP contribution is -2.60. The molecule has 0 bridgehead atoms. The van der Waals surface area contributed by atoms with E-state index in [1.807, 2.05) is 54.6 Å². The molecule has 0 aliphatic carbocycles. The van der Waals surface area contributed by atoms with Crippen LogP contribution in [0.2, 0.25) is 0 Å². The summed E-state index contributed by atoms with van der Waals surface area (Å²) in [6.45, 7) is 0.394. The van der Waals surface area contributed by atoms with Gasteiger partial charge in [0.1, 0.15) is 29.9 Å². The molecule has 0 radical (unpaired) electrons. The van der Waals surface area contributed by atoms with Gasteiger partial charge < -0.3 is 48.6 Å². The molecule has 0 saturated carbocycles. The molecule has 0 aliphatic rings. The van der Waals surface area contributed by atoms with Gasteiger partial charge in [-0.3, -0.25) is 29.4 Å². The molecule has 1 heterocycles. The fraction of sp³-hybridized carbons (Fsp3) is 0.304. The van der Waals surface area contributed by atoms with E-state index in [1.165, 1.54) is 19.2 Å². The number of amides is 7. The molecule has 63 heavy (non-hydrogen) atoms. The number of carbonyl (C=O) groups excluding carboxylic acids is 6. The average Bonchev–Trinajstić information content (AvgIpc) is 3.69. The number of phenolic OH excluding ortho intramolecular Hbond substituents is 1. The fourth-order valence-corrected chi connectivity index (χ4v) is 6.97. The minimum absolute atomic E-state index is 0.0170. The number of benzene rings is 4. The van der Waals surface area contributed by atoms with E-state index in [0.29, 0.717) is 30.5 Å². The fourth-order valence-electron chi connectivity index (χ4n) is 6.97. The highest BCUT2D eigenvalue weighted by Gasteiger charge is 2.32. The highest BCUT2D eigenvalue weighted by molar-refractivity contribution is 5.95. The number of aromatic hydroxyl groups is 1. The van der Waals surface area contributed by atoms with E-state index in [2.05, 4.69) is 31.7 Å². The summed E-state index contributed by atoms with van der Waals surface area (Å²) in [4.78, 5) is 84.8. The van der Waals surface area contributed by atoms with Gasteiger partial charge >= 0.3 is 6.03 Å². The van der Waals surface area contributed by atoms with Crippen LogP contribution in [0.15, 0.2) is 115 Å². The van der Waals surface area contributed by atoms with Gasteiger partial charge in [-0.15, -0.1) is 0 Å². The summed E-state index contributed by atoms with van der Waals surface area (Å²) in [5, 5.41) is 22.4. The smallest absolute Gasteiger partial charge is 0.336 e. The molecular formula is C46H56N10O7. The molecule has 7 amide bonds. The number of aromatic amines is 1. The molecule has 17 nitrogen and oxygen atoms in total. The summed E-state index contributed by atoms with van der Waals surface area (Å²) in [6.07, 6.45) is 3.31. The molecule has 0 spiro atoms. The Morgan fingerprint density at radius 2 is 1.14 bits per heavy atom. The number of primary amides is 1. The van der Waals surface area contributed by atoms with Crippen LogP contribution in [0.1, 0.15) is 41.5 Å². The Morgan fingerprint density at radius 1 is 0.619 bits per heavy atom. The van der Waals surface area contributed by atoms with E-state index in [9.17, 15) is 33.9 Å². The molecule has 332 valence electrons. The predicted octanol–water partition coefficient (Wildman–Crippen LogP) is 1.58. The molecule has 5 atom stereocenters. The van der Waals surface area contributed by atoms with Crippen molar-refractivity contribution in [2.24, 2.45) is 17.2 Å². The number of fused-ring (bicyclic) bond motifs is 1. The Hall–Kier alpha value is -7.24. The van der Waals surface area contributed by atoms with E-state index < -0.39 is 65.8 Å². The number of rotatable bonds is 21. The largest absolute Gasteiger partial charge is 0.508 e. The number of unbranched alkanes of at least 4 members (excludes halogenated alkanes) is 1. The summed E-state index contributed by atoms with van der Waals surface area (Å²) in [5.41, 5.74) is 23.7. The number of para-hydroxylation sites is 1. The summed E-state index contributed by atoms with van der Waals surface area (Å²) < 4.78 is 0. The number of urea groups is 1. The van der Waals surface area contributed by atoms with Crippen molar-refractivity contribution in [3.63, 3.8) is 0 Å². The second-order valence-electron chi connectivity index (χ2n) is 15.3. The number of nitrogens with two attached hydrogens (primary N) is 3. The summed E-state index contributed by atoms with van der Waals surface area (Å²) in [5.74, 6) is -3.52. The standard InChI is InChI=1S/C46H56N10O7/c1-56(55-45(62)40(27-32-28-50-36-17-9-8-16-34(32)36)52-42(59)35(48)24-29-12-4-2-5-13-29)46(63)54-39(26-31-19-21-33(57)22-20-31)44(61)53-38(25-30-14-6-3-7-15-30)43(60)51-37(41(49)58)18-10-11-23-47/h2-9,12-17,19-22,28,35,37-40,50,57H,10-11,18,23-27,47-48H2,1H3,(H2,49,58)(H,51,60)(H,52,59)(H,53,61)(H,54,63)(H,55,62)/t35-,37-,38-,39-,40-/m0/s1. The molecule has 5 aromatic rings. The first-order valence-corrected chi connectivity index (χ1v) is 20.7. The molecular weight excluding hydrogens is 805 g/mol. The zero-order valence-corrected chi connectivity index (χ0v) is 35.1. The average molecular weight is 861 g/mol. The van der Waals surface area contributed by atoms with Crippen molar-refractivity contribution >= 4 is 46.5 Å². The molecule has 0 aliphatic heterocycles. The lowest BCUT2D eigenvalue weighted by molar-refractivity contribution is -0.132. The number of carbonyl (C=O) groups is 6. The minimum atomic E-state index is -1.33. The molecule has 13 N–H and O–H groups in total. The van der Waals surface area contributed by atoms with Gasteiger partial charge in [0.25, 0.3) is 5.91 Å². The van der Waals surface area contributed by atoms with Gasteiger partial charge in [0.05, 0.1) is 6.04 Å². The maximum Gasteiger partial charge on any atom is 0.336 e. The van der Waals surface area contributed by atoms with Gasteiger partial charge in [0.2, 0.25) is 23.6 Å². The maximum atomic E-state index is 14.2. The SMILES string of the molecule is CN(NC(=O)[C@H](Cc1c[nH]c2ccccc12)NC(=O)[C@@H](N)Cc1ccccc1)C(=O)N[C@@H](Cc1ccc(O)cc1)C(=O)N[C@@H](Cc1ccccc1)C(=O)N[C@@H](CCCCN)C(N)=O. The van der Waals surface area contributed by atoms with Crippen LogP contribution in [-0.2, 0) is 49.7 Å². The van der Waals surface area contributed by atoms with Gasteiger partial charge in [0, 0.05) is 43.4 Å². The number of nitrogens with one attached hydrogen (secondary N) is 6. The summed E-state index contributed by atoms with van der Waals surface area (Å²) in [6, 6.07) is 24.9. The van der Waals surface area contributed by atoms with Gasteiger partial charge in [-0.1, -0.05) is 91.0 Å². The van der Waals surface area contributed by atoms with E-state index in [4.69, 9.17) is 17.2 Å². The van der Waals surface area contributed by atoms with Gasteiger partial charge in [-0.05, 0) is 72.7 Å². The van der Waals surface area contributed by atoms with Crippen LogP contribution in [0.3, 0.4) is 0 Å². The molecule has 0 unspecified atom stereocenters. The zero-order valence-electron chi connectivity index (χ0n) is 35.1. The monoisotopic (exact) mass is 860 g/mol. The normalized spacial score (nSPS) is 13.4. The Labute approximate surface area is 365 Å². The Morgan fingerprint density at radius 3 is 1.76 bits per heavy atom. The zero-order chi connectivity index (χ0) is 45.3. The minimum Gasteiger partial charge on any atom is -0.508 e. The number of hydrogen-bond acceptors (Lipinski definition) is 9. The molecule has 4 aromatic carbocycles. The van der Waals surface area contributed by atoms with Crippen LogP contribution < -0.4 is 43.9 Å². The second-order valence-corrected chi connectivity index (χ2v) is 15.3. The third-order valence-corrected chi connectivity index (χ3v) is 10.5.